The second-order valence-corrected chi connectivity index (χ2v) is 5.35. The molecule has 0 fully saturated rings. The predicted octanol–water partition coefficient (Wildman–Crippen LogP) is 2.39. The van der Waals surface area contributed by atoms with Gasteiger partial charge in [0.15, 0.2) is 0 Å². The molecule has 0 radical (unpaired) electrons. The third-order valence-corrected chi connectivity index (χ3v) is 4.22. The molecule has 4 nitrogen and oxygen atoms in total. The first kappa shape index (κ1) is 13.1. The molecule has 1 aromatic carbocycles. The summed E-state index contributed by atoms with van der Waals surface area (Å²) < 4.78 is 5.40. The van der Waals surface area contributed by atoms with Crippen LogP contribution in [0.5, 0.6) is 5.75 Å². The van der Waals surface area contributed by atoms with Gasteiger partial charge in [0, 0.05) is 23.7 Å². The van der Waals surface area contributed by atoms with Gasteiger partial charge in [0.1, 0.15) is 5.75 Å². The normalized spacial score (nSPS) is 14.2. The Bertz CT molecular complexity index is 462. The first-order valence-electron chi connectivity index (χ1n) is 5.90. The Balaban J connectivity index is 2.34. The highest BCUT2D eigenvalue weighted by Crippen LogP contribution is 2.43. The van der Waals surface area contributed by atoms with Crippen LogP contribution >= 0.6 is 11.8 Å². The maximum atomic E-state index is 10.7. The van der Waals surface area contributed by atoms with E-state index in [2.05, 4.69) is 11.8 Å². The van der Waals surface area contributed by atoms with Crippen molar-refractivity contribution >= 4 is 23.4 Å². The highest BCUT2D eigenvalue weighted by molar-refractivity contribution is 7.99. The van der Waals surface area contributed by atoms with Gasteiger partial charge in [0.05, 0.1) is 19.2 Å². The molecule has 0 unspecified atom stereocenters. The molecule has 0 saturated heterocycles. The number of ether oxygens (including phenoxy) is 1. The molecule has 1 aromatic rings. The van der Waals surface area contributed by atoms with Crippen molar-refractivity contribution in [3.8, 4) is 5.75 Å². The van der Waals surface area contributed by atoms with Crippen molar-refractivity contribution < 1.29 is 14.6 Å². The van der Waals surface area contributed by atoms with Crippen molar-refractivity contribution in [1.82, 2.24) is 0 Å². The van der Waals surface area contributed by atoms with Gasteiger partial charge in [-0.2, -0.15) is 0 Å². The number of methoxy groups -OCH3 is 1. The van der Waals surface area contributed by atoms with Gasteiger partial charge in [-0.1, -0.05) is 6.07 Å². The molecular weight excluding hydrogens is 250 g/mol. The summed E-state index contributed by atoms with van der Waals surface area (Å²) in [5.41, 5.74) is 2.27. The molecule has 2 rings (SSSR count). The minimum absolute atomic E-state index is 0.154. The fraction of sp³-hybridized carbons (Fsp3) is 0.462. The van der Waals surface area contributed by atoms with E-state index in [0.717, 1.165) is 23.7 Å². The molecule has 1 aliphatic heterocycles. The van der Waals surface area contributed by atoms with Crippen LogP contribution in [0.25, 0.3) is 0 Å². The number of hydrogen-bond donors (Lipinski definition) is 1. The molecule has 0 atom stereocenters. The number of aliphatic carboxylic acids is 1. The number of carboxylic acid groups (broad SMARTS) is 1. The lowest BCUT2D eigenvalue weighted by Crippen LogP contribution is -2.32. The van der Waals surface area contributed by atoms with E-state index in [9.17, 15) is 4.79 Å². The van der Waals surface area contributed by atoms with E-state index in [-0.39, 0.29) is 6.42 Å². The van der Waals surface area contributed by atoms with Crippen LogP contribution < -0.4 is 9.64 Å². The highest BCUT2D eigenvalue weighted by Gasteiger charge is 2.23. The third-order valence-electron chi connectivity index (χ3n) is 3.03. The van der Waals surface area contributed by atoms with Crippen molar-refractivity contribution in [2.24, 2.45) is 0 Å². The number of benzene rings is 1. The van der Waals surface area contributed by atoms with Crippen molar-refractivity contribution in [2.75, 3.05) is 30.9 Å². The molecule has 1 aliphatic rings. The third kappa shape index (κ3) is 2.56. The fourth-order valence-corrected chi connectivity index (χ4v) is 3.30. The zero-order chi connectivity index (χ0) is 13.1. The maximum absolute atomic E-state index is 10.7. The highest BCUT2D eigenvalue weighted by atomic mass is 32.2. The van der Waals surface area contributed by atoms with Crippen molar-refractivity contribution in [3.05, 3.63) is 17.7 Å². The predicted molar refractivity (Wildman–Crippen MR) is 72.9 cm³/mol. The van der Waals surface area contributed by atoms with Gasteiger partial charge in [-0.3, -0.25) is 4.79 Å². The Labute approximate surface area is 111 Å². The molecule has 0 spiro atoms. The number of aryl methyl sites for hydroxylation is 1. The summed E-state index contributed by atoms with van der Waals surface area (Å²) in [6.07, 6.45) is 0.154. The topological polar surface area (TPSA) is 49.8 Å². The summed E-state index contributed by atoms with van der Waals surface area (Å²) in [6.45, 7) is 3.47. The summed E-state index contributed by atoms with van der Waals surface area (Å²) in [7, 11) is 1.65. The number of carbonyl (C=O) groups is 1. The summed E-state index contributed by atoms with van der Waals surface area (Å²) in [5, 5.41) is 8.81. The molecule has 0 saturated carbocycles. The lowest BCUT2D eigenvalue weighted by atomic mass is 10.1. The Morgan fingerprint density at radius 2 is 2.33 bits per heavy atom. The van der Waals surface area contributed by atoms with Crippen LogP contribution in [0.4, 0.5) is 5.69 Å². The van der Waals surface area contributed by atoms with Gasteiger partial charge in [-0.05, 0) is 18.6 Å². The van der Waals surface area contributed by atoms with Crippen LogP contribution in [0.2, 0.25) is 0 Å². The minimum Gasteiger partial charge on any atom is -0.495 e. The summed E-state index contributed by atoms with van der Waals surface area (Å²) >= 11 is 1.81. The Kier molecular flexibility index (Phi) is 4.01. The van der Waals surface area contributed by atoms with E-state index >= 15 is 0 Å². The van der Waals surface area contributed by atoms with Crippen molar-refractivity contribution in [1.29, 1.82) is 0 Å². The molecule has 1 heterocycles. The number of carboxylic acids is 1. The van der Waals surface area contributed by atoms with Crippen LogP contribution in [-0.4, -0.2) is 37.0 Å². The molecular formula is C13H17NO3S. The second kappa shape index (κ2) is 5.52. The van der Waals surface area contributed by atoms with Crippen LogP contribution in [0.15, 0.2) is 17.0 Å². The van der Waals surface area contributed by atoms with E-state index in [1.165, 1.54) is 10.5 Å². The van der Waals surface area contributed by atoms with E-state index < -0.39 is 5.97 Å². The second-order valence-electron chi connectivity index (χ2n) is 4.24. The lowest BCUT2D eigenvalue weighted by molar-refractivity contribution is -0.136. The Hall–Kier alpha value is -1.36. The lowest BCUT2D eigenvalue weighted by Gasteiger charge is -2.32. The number of rotatable bonds is 4. The van der Waals surface area contributed by atoms with Crippen molar-refractivity contribution in [3.63, 3.8) is 0 Å². The maximum Gasteiger partial charge on any atom is 0.305 e. The van der Waals surface area contributed by atoms with Crippen LogP contribution in [0.3, 0.4) is 0 Å². The van der Waals surface area contributed by atoms with Crippen LogP contribution in [-0.2, 0) is 4.79 Å². The number of thioether (sulfide) groups is 1. The van der Waals surface area contributed by atoms with Gasteiger partial charge >= 0.3 is 5.97 Å². The van der Waals surface area contributed by atoms with Crippen LogP contribution in [0, 0.1) is 6.92 Å². The minimum atomic E-state index is -0.763. The van der Waals surface area contributed by atoms with E-state index in [0.29, 0.717) is 6.54 Å². The largest absolute Gasteiger partial charge is 0.495 e. The fourth-order valence-electron chi connectivity index (χ4n) is 2.12. The van der Waals surface area contributed by atoms with Gasteiger partial charge in [0.2, 0.25) is 0 Å². The van der Waals surface area contributed by atoms with Crippen molar-refractivity contribution in [2.45, 2.75) is 18.2 Å². The van der Waals surface area contributed by atoms with Gasteiger partial charge in [-0.25, -0.2) is 0 Å². The number of nitrogens with zero attached hydrogens (tertiary/aromatic N) is 1. The molecule has 98 valence electrons. The molecule has 0 aliphatic carbocycles. The first-order chi connectivity index (χ1) is 8.63. The zero-order valence-electron chi connectivity index (χ0n) is 10.6. The van der Waals surface area contributed by atoms with Gasteiger partial charge in [-0.15, -0.1) is 11.8 Å². The van der Waals surface area contributed by atoms with Gasteiger partial charge in [0.25, 0.3) is 0 Å². The summed E-state index contributed by atoms with van der Waals surface area (Å²) in [5.74, 6) is 1.05. The monoisotopic (exact) mass is 267 g/mol. The first-order valence-corrected chi connectivity index (χ1v) is 6.89. The molecule has 0 aromatic heterocycles. The zero-order valence-corrected chi connectivity index (χ0v) is 11.4. The van der Waals surface area contributed by atoms with E-state index in [1.54, 1.807) is 7.11 Å². The summed E-state index contributed by atoms with van der Waals surface area (Å²) in [4.78, 5) is 14.0. The Morgan fingerprint density at radius 1 is 1.56 bits per heavy atom. The van der Waals surface area contributed by atoms with E-state index in [1.807, 2.05) is 23.9 Å². The molecule has 5 heteroatoms. The quantitative estimate of drug-likeness (QED) is 0.907. The average molecular weight is 267 g/mol. The molecule has 18 heavy (non-hydrogen) atoms. The number of hydrogen-bond acceptors (Lipinski definition) is 4. The molecule has 0 bridgehead atoms. The summed E-state index contributed by atoms with van der Waals surface area (Å²) in [6, 6.07) is 4.00. The average Bonchev–Trinajstić information content (AvgIpc) is 2.37. The molecule has 0 amide bonds. The standard InChI is InChI=1S/C13H17NO3S/c1-9-3-4-10(17-2)12-13(9)18-8-7-14(12)6-5-11(15)16/h3-4H,5-8H2,1-2H3,(H,15,16). The smallest absolute Gasteiger partial charge is 0.305 e. The van der Waals surface area contributed by atoms with Gasteiger partial charge < -0.3 is 14.7 Å². The van der Waals surface area contributed by atoms with Crippen LogP contribution in [0.1, 0.15) is 12.0 Å². The SMILES string of the molecule is COc1ccc(C)c2c1N(CCC(=O)O)CCS2. The Morgan fingerprint density at radius 3 is 3.00 bits per heavy atom. The van der Waals surface area contributed by atoms with E-state index in [4.69, 9.17) is 9.84 Å². The molecule has 1 N–H and O–H groups in total. The number of anilines is 1. The number of fused-ring (bicyclic) bond motifs is 1.